The van der Waals surface area contributed by atoms with Gasteiger partial charge in [0.1, 0.15) is 5.75 Å². The van der Waals surface area contributed by atoms with Gasteiger partial charge in [0.15, 0.2) is 0 Å². The van der Waals surface area contributed by atoms with Crippen molar-refractivity contribution in [2.45, 2.75) is 6.92 Å². The summed E-state index contributed by atoms with van der Waals surface area (Å²) in [4.78, 5) is 24.3. The van der Waals surface area contributed by atoms with Crippen LogP contribution in [0.4, 0.5) is 5.69 Å². The number of carbonyl (C=O) groups excluding carboxylic acids is 2. The van der Waals surface area contributed by atoms with Crippen LogP contribution < -0.4 is 15.4 Å². The number of ether oxygens (including phenoxy) is 1. The van der Waals surface area contributed by atoms with Crippen LogP contribution in [0.2, 0.25) is 0 Å². The van der Waals surface area contributed by atoms with Crippen LogP contribution in [-0.4, -0.2) is 34.7 Å². The molecule has 2 amide bonds. The van der Waals surface area contributed by atoms with Gasteiger partial charge in [-0.15, -0.1) is 0 Å². The Morgan fingerprint density at radius 1 is 1.11 bits per heavy atom. The number of halogens is 1. The smallest absolute Gasteiger partial charge is 0.251 e. The number of anilines is 1. The van der Waals surface area contributed by atoms with E-state index in [9.17, 15) is 9.59 Å². The molecule has 0 aliphatic rings. The lowest BCUT2D eigenvalue weighted by Gasteiger charge is -2.09. The van der Waals surface area contributed by atoms with Gasteiger partial charge < -0.3 is 15.4 Å². The van der Waals surface area contributed by atoms with Gasteiger partial charge in [-0.3, -0.25) is 9.59 Å². The SMILES string of the molecule is CCOc1ccc(NC(=O)CNC(=O)c2ccc(-n3cc(Br)cn3)cc2)cc1. The normalized spacial score (nSPS) is 10.4. The minimum Gasteiger partial charge on any atom is -0.494 e. The summed E-state index contributed by atoms with van der Waals surface area (Å²) in [6.45, 7) is 2.36. The van der Waals surface area contributed by atoms with Crippen molar-refractivity contribution in [3.8, 4) is 11.4 Å². The van der Waals surface area contributed by atoms with Crippen molar-refractivity contribution in [3.63, 3.8) is 0 Å². The van der Waals surface area contributed by atoms with Crippen LogP contribution in [0.25, 0.3) is 5.69 Å². The van der Waals surface area contributed by atoms with Crippen molar-refractivity contribution in [1.29, 1.82) is 0 Å². The van der Waals surface area contributed by atoms with E-state index in [-0.39, 0.29) is 18.4 Å². The van der Waals surface area contributed by atoms with Gasteiger partial charge in [0.25, 0.3) is 5.91 Å². The first-order valence-electron chi connectivity index (χ1n) is 8.66. The number of hydrogen-bond acceptors (Lipinski definition) is 4. The molecule has 3 aromatic rings. The maximum atomic E-state index is 12.2. The van der Waals surface area contributed by atoms with Gasteiger partial charge in [-0.05, 0) is 71.4 Å². The highest BCUT2D eigenvalue weighted by atomic mass is 79.9. The number of nitrogens with zero attached hydrogens (tertiary/aromatic N) is 2. The van der Waals surface area contributed by atoms with Gasteiger partial charge in [0.2, 0.25) is 5.91 Å². The van der Waals surface area contributed by atoms with Crippen LogP contribution in [0.5, 0.6) is 5.75 Å². The molecule has 1 heterocycles. The lowest BCUT2D eigenvalue weighted by atomic mass is 10.2. The van der Waals surface area contributed by atoms with Crippen LogP contribution >= 0.6 is 15.9 Å². The molecule has 1 aromatic heterocycles. The number of benzene rings is 2. The second-order valence-corrected chi connectivity index (χ2v) is 6.75. The molecule has 0 aliphatic carbocycles. The summed E-state index contributed by atoms with van der Waals surface area (Å²) < 4.78 is 7.91. The number of amides is 2. The van der Waals surface area contributed by atoms with E-state index in [4.69, 9.17) is 4.74 Å². The zero-order valence-electron chi connectivity index (χ0n) is 15.2. The van der Waals surface area contributed by atoms with Crippen molar-refractivity contribution in [3.05, 3.63) is 71.0 Å². The zero-order valence-corrected chi connectivity index (χ0v) is 16.8. The summed E-state index contributed by atoms with van der Waals surface area (Å²) in [5.74, 6) is 0.102. The van der Waals surface area contributed by atoms with Crippen LogP contribution in [0.3, 0.4) is 0 Å². The largest absolute Gasteiger partial charge is 0.494 e. The van der Waals surface area contributed by atoms with Gasteiger partial charge in [-0.1, -0.05) is 0 Å². The van der Waals surface area contributed by atoms with E-state index in [1.807, 2.05) is 13.1 Å². The molecule has 0 radical (unpaired) electrons. The molecule has 0 atom stereocenters. The Kier molecular flexibility index (Phi) is 6.44. The number of nitrogens with one attached hydrogen (secondary N) is 2. The van der Waals surface area contributed by atoms with Gasteiger partial charge in [0.05, 0.1) is 29.5 Å². The lowest BCUT2D eigenvalue weighted by molar-refractivity contribution is -0.115. The molecule has 0 spiro atoms. The van der Waals surface area contributed by atoms with E-state index in [2.05, 4.69) is 31.7 Å². The predicted molar refractivity (Wildman–Crippen MR) is 110 cm³/mol. The first-order valence-corrected chi connectivity index (χ1v) is 9.46. The Labute approximate surface area is 170 Å². The molecule has 0 saturated carbocycles. The molecule has 0 fully saturated rings. The Balaban J connectivity index is 1.51. The standard InChI is InChI=1S/C20H19BrN4O3/c1-2-28-18-9-5-16(6-10-18)24-19(26)12-22-20(27)14-3-7-17(8-4-14)25-13-15(21)11-23-25/h3-11,13H,2,12H2,1H3,(H,22,27)(H,24,26). The fourth-order valence-electron chi connectivity index (χ4n) is 2.48. The summed E-state index contributed by atoms with van der Waals surface area (Å²) in [7, 11) is 0. The molecule has 0 saturated heterocycles. The first-order chi connectivity index (χ1) is 13.5. The molecular weight excluding hydrogens is 424 g/mol. The van der Waals surface area contributed by atoms with E-state index in [0.29, 0.717) is 17.9 Å². The summed E-state index contributed by atoms with van der Waals surface area (Å²) in [6.07, 6.45) is 3.50. The van der Waals surface area contributed by atoms with Crippen molar-refractivity contribution in [2.24, 2.45) is 0 Å². The van der Waals surface area contributed by atoms with Crippen LogP contribution in [0.1, 0.15) is 17.3 Å². The van der Waals surface area contributed by atoms with Crippen molar-refractivity contribution < 1.29 is 14.3 Å². The highest BCUT2D eigenvalue weighted by Gasteiger charge is 2.09. The van der Waals surface area contributed by atoms with Crippen molar-refractivity contribution >= 4 is 33.4 Å². The molecular formula is C20H19BrN4O3. The molecule has 0 bridgehead atoms. The molecule has 2 N–H and O–H groups in total. The van der Waals surface area contributed by atoms with Gasteiger partial charge in [-0.25, -0.2) is 4.68 Å². The highest BCUT2D eigenvalue weighted by molar-refractivity contribution is 9.10. The van der Waals surface area contributed by atoms with Crippen LogP contribution in [0.15, 0.2) is 65.4 Å². The van der Waals surface area contributed by atoms with E-state index in [1.54, 1.807) is 59.4 Å². The van der Waals surface area contributed by atoms with Gasteiger partial charge in [0, 0.05) is 17.4 Å². The number of hydrogen-bond donors (Lipinski definition) is 2. The minimum atomic E-state index is -0.324. The van der Waals surface area contributed by atoms with E-state index in [0.717, 1.165) is 15.9 Å². The average Bonchev–Trinajstić information content (AvgIpc) is 3.14. The highest BCUT2D eigenvalue weighted by Crippen LogP contribution is 2.15. The molecule has 8 heteroatoms. The number of carbonyl (C=O) groups is 2. The zero-order chi connectivity index (χ0) is 19.9. The monoisotopic (exact) mass is 442 g/mol. The summed E-state index contributed by atoms with van der Waals surface area (Å²) >= 11 is 3.34. The fraction of sp³-hybridized carbons (Fsp3) is 0.150. The van der Waals surface area contributed by atoms with E-state index < -0.39 is 0 Å². The Hall–Kier alpha value is -3.13. The maximum absolute atomic E-state index is 12.2. The third-order valence-corrected chi connectivity index (χ3v) is 4.21. The quantitative estimate of drug-likeness (QED) is 0.586. The fourth-order valence-corrected chi connectivity index (χ4v) is 2.76. The molecule has 7 nitrogen and oxygen atoms in total. The first kappa shape index (κ1) is 19.6. The molecule has 3 rings (SSSR count). The summed E-state index contributed by atoms with van der Waals surface area (Å²) in [6, 6.07) is 14.0. The molecule has 0 unspecified atom stereocenters. The Morgan fingerprint density at radius 2 is 1.82 bits per heavy atom. The second kappa shape index (κ2) is 9.18. The maximum Gasteiger partial charge on any atom is 0.251 e. The number of rotatable bonds is 7. The summed E-state index contributed by atoms with van der Waals surface area (Å²) in [5, 5.41) is 9.52. The molecule has 2 aromatic carbocycles. The lowest BCUT2D eigenvalue weighted by Crippen LogP contribution is -2.32. The second-order valence-electron chi connectivity index (χ2n) is 5.84. The third-order valence-electron chi connectivity index (χ3n) is 3.80. The van der Waals surface area contributed by atoms with Crippen molar-refractivity contribution in [1.82, 2.24) is 15.1 Å². The van der Waals surface area contributed by atoms with Crippen molar-refractivity contribution in [2.75, 3.05) is 18.5 Å². The van der Waals surface area contributed by atoms with E-state index >= 15 is 0 Å². The third kappa shape index (κ3) is 5.20. The average molecular weight is 443 g/mol. The molecule has 0 aliphatic heterocycles. The Morgan fingerprint density at radius 3 is 2.43 bits per heavy atom. The van der Waals surface area contributed by atoms with Crippen LogP contribution in [0, 0.1) is 0 Å². The molecule has 144 valence electrons. The summed E-state index contributed by atoms with van der Waals surface area (Å²) in [5.41, 5.74) is 1.93. The molecule has 28 heavy (non-hydrogen) atoms. The van der Waals surface area contributed by atoms with E-state index in [1.165, 1.54) is 0 Å². The van der Waals surface area contributed by atoms with Crippen LogP contribution in [-0.2, 0) is 4.79 Å². The Bertz CT molecular complexity index is 952. The van der Waals surface area contributed by atoms with Gasteiger partial charge in [-0.2, -0.15) is 5.10 Å². The predicted octanol–water partition coefficient (Wildman–Crippen LogP) is 3.40. The van der Waals surface area contributed by atoms with Gasteiger partial charge >= 0.3 is 0 Å². The topological polar surface area (TPSA) is 85.3 Å². The number of aromatic nitrogens is 2. The minimum absolute atomic E-state index is 0.125.